The monoisotopic (exact) mass is 280 g/mol. The van der Waals surface area contributed by atoms with Gasteiger partial charge < -0.3 is 15.7 Å². The number of hydrogen-bond acceptors (Lipinski definition) is 2. The minimum Gasteiger partial charge on any atom is -0.393 e. The van der Waals surface area contributed by atoms with Gasteiger partial charge in [-0.2, -0.15) is 0 Å². The average molecular weight is 280 g/mol. The molecule has 3 N–H and O–H groups in total. The maximum absolute atomic E-state index is 12.1. The summed E-state index contributed by atoms with van der Waals surface area (Å²) in [4.78, 5) is 12.1. The van der Waals surface area contributed by atoms with Crippen molar-refractivity contribution in [3.05, 3.63) is 0 Å². The molecule has 3 saturated carbocycles. The quantitative estimate of drug-likeness (QED) is 0.744. The van der Waals surface area contributed by atoms with Crippen molar-refractivity contribution >= 4 is 6.03 Å². The molecule has 2 atom stereocenters. The van der Waals surface area contributed by atoms with Crippen LogP contribution in [0.15, 0.2) is 0 Å². The van der Waals surface area contributed by atoms with E-state index in [0.29, 0.717) is 6.04 Å². The van der Waals surface area contributed by atoms with Gasteiger partial charge in [-0.25, -0.2) is 4.79 Å². The number of urea groups is 1. The fourth-order valence-corrected chi connectivity index (χ4v) is 3.99. The number of carbonyl (C=O) groups excluding carboxylic acids is 1. The van der Waals surface area contributed by atoms with Crippen LogP contribution in [-0.2, 0) is 0 Å². The Morgan fingerprint density at radius 1 is 0.800 bits per heavy atom. The molecule has 0 aromatic rings. The van der Waals surface area contributed by atoms with Crippen LogP contribution in [0.3, 0.4) is 0 Å². The smallest absolute Gasteiger partial charge is 0.315 e. The van der Waals surface area contributed by atoms with Crippen molar-refractivity contribution in [2.75, 3.05) is 0 Å². The zero-order valence-electron chi connectivity index (χ0n) is 12.3. The van der Waals surface area contributed by atoms with Crippen LogP contribution >= 0.6 is 0 Å². The van der Waals surface area contributed by atoms with Gasteiger partial charge in [-0.15, -0.1) is 0 Å². The largest absolute Gasteiger partial charge is 0.393 e. The molecule has 3 aliphatic carbocycles. The molecule has 114 valence electrons. The van der Waals surface area contributed by atoms with Crippen LogP contribution in [0.4, 0.5) is 4.79 Å². The highest BCUT2D eigenvalue weighted by atomic mass is 16.3. The molecule has 0 radical (unpaired) electrons. The maximum Gasteiger partial charge on any atom is 0.315 e. The maximum atomic E-state index is 12.1. The van der Waals surface area contributed by atoms with Crippen molar-refractivity contribution < 1.29 is 9.90 Å². The van der Waals surface area contributed by atoms with Crippen molar-refractivity contribution in [1.82, 2.24) is 10.6 Å². The minimum absolute atomic E-state index is 0.00726. The van der Waals surface area contributed by atoms with E-state index in [2.05, 4.69) is 10.6 Å². The normalized spacial score (nSPS) is 38.2. The predicted octanol–water partition coefficient (Wildman–Crippen LogP) is 2.56. The van der Waals surface area contributed by atoms with E-state index in [4.69, 9.17) is 0 Å². The van der Waals surface area contributed by atoms with Gasteiger partial charge in [0, 0.05) is 12.1 Å². The van der Waals surface area contributed by atoms with E-state index >= 15 is 0 Å². The molecule has 3 aliphatic rings. The van der Waals surface area contributed by atoms with Gasteiger partial charge in [0.05, 0.1) is 6.10 Å². The lowest BCUT2D eigenvalue weighted by Crippen LogP contribution is -2.48. The Kier molecular flexibility index (Phi) is 4.49. The first-order valence-corrected chi connectivity index (χ1v) is 8.46. The van der Waals surface area contributed by atoms with E-state index in [1.807, 2.05) is 0 Å². The highest BCUT2D eigenvalue weighted by Gasteiger charge is 2.35. The first kappa shape index (κ1) is 14.2. The van der Waals surface area contributed by atoms with Crippen molar-refractivity contribution in [3.63, 3.8) is 0 Å². The number of aliphatic hydroxyl groups is 1. The molecule has 2 unspecified atom stereocenters. The van der Waals surface area contributed by atoms with E-state index in [-0.39, 0.29) is 18.2 Å². The van der Waals surface area contributed by atoms with Gasteiger partial charge in [-0.05, 0) is 63.2 Å². The first-order valence-electron chi connectivity index (χ1n) is 8.46. The molecule has 0 heterocycles. The fraction of sp³-hybridized carbons (Fsp3) is 0.938. The third kappa shape index (κ3) is 3.87. The second kappa shape index (κ2) is 6.33. The second-order valence-corrected chi connectivity index (χ2v) is 7.08. The van der Waals surface area contributed by atoms with Crippen molar-refractivity contribution in [3.8, 4) is 0 Å². The third-order valence-electron chi connectivity index (χ3n) is 5.37. The fourth-order valence-electron chi connectivity index (χ4n) is 3.99. The highest BCUT2D eigenvalue weighted by Crippen LogP contribution is 2.43. The SMILES string of the molecule is O=C(NC1CCC(O)CC1)NC1CCCC(C2CC2)C1. The number of nitrogens with one attached hydrogen (secondary N) is 2. The molecule has 3 fully saturated rings. The molecule has 0 bridgehead atoms. The molecule has 0 aliphatic heterocycles. The molecule has 0 aromatic carbocycles. The van der Waals surface area contributed by atoms with E-state index in [9.17, 15) is 9.90 Å². The Bertz CT molecular complexity index is 335. The van der Waals surface area contributed by atoms with Crippen molar-refractivity contribution in [1.29, 1.82) is 0 Å². The van der Waals surface area contributed by atoms with Crippen LogP contribution in [0, 0.1) is 11.8 Å². The Hall–Kier alpha value is -0.770. The number of hydrogen-bond donors (Lipinski definition) is 3. The van der Waals surface area contributed by atoms with Crippen LogP contribution in [0.5, 0.6) is 0 Å². The molecule has 4 heteroatoms. The van der Waals surface area contributed by atoms with Crippen LogP contribution in [-0.4, -0.2) is 29.3 Å². The summed E-state index contributed by atoms with van der Waals surface area (Å²) in [5, 5.41) is 15.7. The lowest BCUT2D eigenvalue weighted by molar-refractivity contribution is 0.117. The lowest BCUT2D eigenvalue weighted by atomic mass is 9.83. The molecule has 4 nitrogen and oxygen atoms in total. The molecule has 3 rings (SSSR count). The highest BCUT2D eigenvalue weighted by molar-refractivity contribution is 5.74. The number of carbonyl (C=O) groups is 1. The first-order chi connectivity index (χ1) is 9.70. The standard InChI is InChI=1S/C16H28N2O2/c19-15-8-6-13(7-9-15)17-16(20)18-14-3-1-2-12(10-14)11-4-5-11/h11-15,19H,1-10H2,(H2,17,18,20). The van der Waals surface area contributed by atoms with E-state index < -0.39 is 0 Å². The predicted molar refractivity (Wildman–Crippen MR) is 78.4 cm³/mol. The number of rotatable bonds is 3. The summed E-state index contributed by atoms with van der Waals surface area (Å²) in [7, 11) is 0. The van der Waals surface area contributed by atoms with Gasteiger partial charge in [0.1, 0.15) is 0 Å². The topological polar surface area (TPSA) is 61.4 Å². The van der Waals surface area contributed by atoms with Gasteiger partial charge in [0.25, 0.3) is 0 Å². The van der Waals surface area contributed by atoms with Crippen molar-refractivity contribution in [2.45, 2.75) is 82.4 Å². The van der Waals surface area contributed by atoms with Gasteiger partial charge in [0.15, 0.2) is 0 Å². The molecule has 0 saturated heterocycles. The molecule has 0 aromatic heterocycles. The van der Waals surface area contributed by atoms with Crippen LogP contribution in [0.1, 0.15) is 64.2 Å². The average Bonchev–Trinajstić information content (AvgIpc) is 3.26. The zero-order chi connectivity index (χ0) is 13.9. The van der Waals surface area contributed by atoms with E-state index in [0.717, 1.165) is 43.9 Å². The lowest BCUT2D eigenvalue weighted by Gasteiger charge is -2.31. The van der Waals surface area contributed by atoms with Crippen LogP contribution < -0.4 is 10.6 Å². The second-order valence-electron chi connectivity index (χ2n) is 7.08. The molecule has 0 spiro atoms. The summed E-state index contributed by atoms with van der Waals surface area (Å²) < 4.78 is 0. The number of amides is 2. The van der Waals surface area contributed by atoms with E-state index in [1.165, 1.54) is 32.1 Å². The summed E-state index contributed by atoms with van der Waals surface area (Å²) in [5.74, 6) is 1.82. The molecule has 2 amide bonds. The van der Waals surface area contributed by atoms with Crippen molar-refractivity contribution in [2.24, 2.45) is 11.8 Å². The van der Waals surface area contributed by atoms with Crippen LogP contribution in [0.2, 0.25) is 0 Å². The van der Waals surface area contributed by atoms with Gasteiger partial charge in [-0.1, -0.05) is 12.8 Å². The summed E-state index contributed by atoms with van der Waals surface area (Å²) >= 11 is 0. The Morgan fingerprint density at radius 3 is 2.20 bits per heavy atom. The Balaban J connectivity index is 1.39. The van der Waals surface area contributed by atoms with Gasteiger partial charge in [0.2, 0.25) is 0 Å². The molecular formula is C16H28N2O2. The third-order valence-corrected chi connectivity index (χ3v) is 5.37. The van der Waals surface area contributed by atoms with Gasteiger partial charge in [-0.3, -0.25) is 0 Å². The summed E-state index contributed by atoms with van der Waals surface area (Å²) in [6.07, 6.45) is 11.1. The summed E-state index contributed by atoms with van der Waals surface area (Å²) in [6, 6.07) is 0.637. The molecule has 20 heavy (non-hydrogen) atoms. The van der Waals surface area contributed by atoms with Gasteiger partial charge >= 0.3 is 6.03 Å². The summed E-state index contributed by atoms with van der Waals surface area (Å²) in [5.41, 5.74) is 0. The Labute approximate surface area is 121 Å². The van der Waals surface area contributed by atoms with E-state index in [1.54, 1.807) is 0 Å². The number of aliphatic hydroxyl groups excluding tert-OH is 1. The Morgan fingerprint density at radius 2 is 1.50 bits per heavy atom. The zero-order valence-corrected chi connectivity index (χ0v) is 12.3. The molecular weight excluding hydrogens is 252 g/mol. The minimum atomic E-state index is -0.159. The summed E-state index contributed by atoms with van der Waals surface area (Å²) in [6.45, 7) is 0. The van der Waals surface area contributed by atoms with Crippen LogP contribution in [0.25, 0.3) is 0 Å².